The Labute approximate surface area is 308 Å². The zero-order valence-electron chi connectivity index (χ0n) is 30.6. The number of hydrogen-bond acceptors (Lipinski definition) is 10. The predicted octanol–water partition coefficient (Wildman–Crippen LogP) is -1.49. The quantitative estimate of drug-likeness (QED) is 0.0698. The van der Waals surface area contributed by atoms with E-state index in [-0.39, 0.29) is 43.9 Å². The SMILES string of the molecule is CC[C@H](C)[C@H](N)C(=O)N[C@H](C(=O)N[C@@H](CC(N)=O)C(=O)N1CCC[C@H]1C(=O)N[C@@H](CCC(N)=O)C(=O)N[C@@H](Cc1ccc(O)cc1)C(=O)O)[C@@H](C)CC. The van der Waals surface area contributed by atoms with Crippen LogP contribution in [0.25, 0.3) is 0 Å². The molecule has 0 unspecified atom stereocenters. The molecule has 0 radical (unpaired) electrons. The number of rotatable bonds is 21. The average molecular weight is 747 g/mol. The number of primary amides is 2. The van der Waals surface area contributed by atoms with Crippen LogP contribution in [0.4, 0.5) is 0 Å². The summed E-state index contributed by atoms with van der Waals surface area (Å²) in [6, 6.07) is -1.91. The van der Waals surface area contributed by atoms with Crippen molar-refractivity contribution >= 4 is 47.3 Å². The number of aromatic hydroxyl groups is 1. The molecule has 7 amide bonds. The molecule has 1 aliphatic rings. The Bertz CT molecular complexity index is 1490. The van der Waals surface area contributed by atoms with Crippen molar-refractivity contribution in [3.63, 3.8) is 0 Å². The van der Waals surface area contributed by atoms with Crippen molar-refractivity contribution in [1.82, 2.24) is 26.2 Å². The van der Waals surface area contributed by atoms with Gasteiger partial charge in [-0.05, 0) is 48.8 Å². The molecule has 1 fully saturated rings. The van der Waals surface area contributed by atoms with E-state index in [1.807, 2.05) is 6.92 Å². The molecule has 1 aromatic carbocycles. The molecule has 2 rings (SSSR count). The van der Waals surface area contributed by atoms with Gasteiger partial charge in [-0.15, -0.1) is 0 Å². The van der Waals surface area contributed by atoms with Crippen molar-refractivity contribution in [3.05, 3.63) is 29.8 Å². The lowest BCUT2D eigenvalue weighted by Crippen LogP contribution is -2.60. The Balaban J connectivity index is 2.27. The largest absolute Gasteiger partial charge is 0.508 e. The number of benzene rings is 1. The van der Waals surface area contributed by atoms with Crippen LogP contribution in [0.15, 0.2) is 24.3 Å². The van der Waals surface area contributed by atoms with Crippen LogP contribution in [-0.4, -0.2) is 105 Å². The Kier molecular flexibility index (Phi) is 17.1. The van der Waals surface area contributed by atoms with Crippen LogP contribution in [-0.2, 0) is 44.8 Å². The summed E-state index contributed by atoms with van der Waals surface area (Å²) in [4.78, 5) is 104. The topological polar surface area (TPSA) is 306 Å². The number of carboxylic acid groups (broad SMARTS) is 1. The van der Waals surface area contributed by atoms with Gasteiger partial charge in [0.2, 0.25) is 41.4 Å². The van der Waals surface area contributed by atoms with Gasteiger partial charge in [0, 0.05) is 19.4 Å². The molecule has 53 heavy (non-hydrogen) atoms. The van der Waals surface area contributed by atoms with E-state index in [0.29, 0.717) is 24.8 Å². The summed E-state index contributed by atoms with van der Waals surface area (Å²) in [5.74, 6) is -7.55. The van der Waals surface area contributed by atoms with Crippen molar-refractivity contribution < 1.29 is 48.6 Å². The average Bonchev–Trinajstić information content (AvgIpc) is 3.61. The van der Waals surface area contributed by atoms with Crippen LogP contribution in [0, 0.1) is 11.8 Å². The van der Waals surface area contributed by atoms with Crippen LogP contribution in [0.5, 0.6) is 5.75 Å². The summed E-state index contributed by atoms with van der Waals surface area (Å²) in [7, 11) is 0. The second-order valence-electron chi connectivity index (χ2n) is 13.5. The third-order valence-electron chi connectivity index (χ3n) is 9.51. The molecule has 1 heterocycles. The monoisotopic (exact) mass is 746 g/mol. The lowest BCUT2D eigenvalue weighted by Gasteiger charge is -2.31. The minimum atomic E-state index is -1.51. The molecule has 12 N–H and O–H groups in total. The van der Waals surface area contributed by atoms with Crippen LogP contribution in [0.3, 0.4) is 0 Å². The molecule has 18 heteroatoms. The maximum absolute atomic E-state index is 13.9. The maximum Gasteiger partial charge on any atom is 0.326 e. The number of aliphatic carboxylic acids is 1. The molecular weight excluding hydrogens is 692 g/mol. The molecule has 0 bridgehead atoms. The van der Waals surface area contributed by atoms with Gasteiger partial charge in [0.1, 0.15) is 36.0 Å². The highest BCUT2D eigenvalue weighted by Gasteiger charge is 2.41. The molecule has 8 atom stereocenters. The number of nitrogens with zero attached hydrogens (tertiary/aromatic N) is 1. The summed E-state index contributed by atoms with van der Waals surface area (Å²) < 4.78 is 0. The summed E-state index contributed by atoms with van der Waals surface area (Å²) in [5.41, 5.74) is 17.3. The fourth-order valence-electron chi connectivity index (χ4n) is 5.79. The number of carbonyl (C=O) groups excluding carboxylic acids is 7. The number of hydrogen-bond donors (Lipinski definition) is 9. The molecule has 0 saturated carbocycles. The predicted molar refractivity (Wildman–Crippen MR) is 191 cm³/mol. The van der Waals surface area contributed by atoms with E-state index >= 15 is 0 Å². The molecule has 1 aliphatic heterocycles. The van der Waals surface area contributed by atoms with Crippen LogP contribution < -0.4 is 38.5 Å². The van der Waals surface area contributed by atoms with E-state index in [1.54, 1.807) is 20.8 Å². The van der Waals surface area contributed by atoms with Gasteiger partial charge >= 0.3 is 5.97 Å². The van der Waals surface area contributed by atoms with E-state index in [1.165, 1.54) is 24.3 Å². The first-order chi connectivity index (χ1) is 24.9. The third kappa shape index (κ3) is 13.3. The van der Waals surface area contributed by atoms with E-state index < -0.39 is 95.9 Å². The van der Waals surface area contributed by atoms with Gasteiger partial charge in [-0.1, -0.05) is 52.7 Å². The third-order valence-corrected chi connectivity index (χ3v) is 9.51. The standard InChI is InChI=1S/C35H54N8O10/c1-5-18(3)28(38)32(49)42-29(19(4)6-2)33(50)40-23(17-27(37)46)34(51)43-15-7-8-25(43)31(48)39-22(13-14-26(36)45)30(47)41-24(35(52)53)16-20-9-11-21(44)12-10-20/h9-12,18-19,22-25,28-29,44H,5-8,13-17,38H2,1-4H3,(H2,36,45)(H2,37,46)(H,39,48)(H,40,50)(H,41,47)(H,42,49)(H,52,53)/t18-,19-,22-,23-,24-,25-,28-,29-/m0/s1. The highest BCUT2D eigenvalue weighted by molar-refractivity contribution is 5.98. The normalized spacial score (nSPS) is 17.9. The van der Waals surface area contributed by atoms with Gasteiger partial charge in [-0.2, -0.15) is 0 Å². The minimum Gasteiger partial charge on any atom is -0.508 e. The number of amides is 7. The van der Waals surface area contributed by atoms with Gasteiger partial charge in [0.25, 0.3) is 0 Å². The Hall–Kier alpha value is -5.26. The van der Waals surface area contributed by atoms with Crippen molar-refractivity contribution in [1.29, 1.82) is 0 Å². The molecular formula is C35H54N8O10. The van der Waals surface area contributed by atoms with Gasteiger partial charge in [-0.3, -0.25) is 33.6 Å². The lowest BCUT2D eigenvalue weighted by molar-refractivity contribution is -0.144. The number of nitrogens with two attached hydrogens (primary N) is 3. The molecule has 0 spiro atoms. The number of likely N-dealkylation sites (tertiary alicyclic amines) is 1. The van der Waals surface area contributed by atoms with Crippen LogP contribution in [0.2, 0.25) is 0 Å². The van der Waals surface area contributed by atoms with Crippen molar-refractivity contribution in [2.24, 2.45) is 29.0 Å². The van der Waals surface area contributed by atoms with Gasteiger partial charge in [-0.25, -0.2) is 4.79 Å². The maximum atomic E-state index is 13.9. The first kappa shape index (κ1) is 43.9. The fraction of sp³-hybridized carbons (Fsp3) is 0.600. The summed E-state index contributed by atoms with van der Waals surface area (Å²) in [6.45, 7) is 7.24. The fourth-order valence-corrected chi connectivity index (χ4v) is 5.79. The van der Waals surface area contributed by atoms with Crippen molar-refractivity contribution in [2.75, 3.05) is 6.54 Å². The summed E-state index contributed by atoms with van der Waals surface area (Å²) in [5, 5.41) is 29.4. The highest BCUT2D eigenvalue weighted by atomic mass is 16.4. The van der Waals surface area contributed by atoms with E-state index in [2.05, 4.69) is 21.3 Å². The highest BCUT2D eigenvalue weighted by Crippen LogP contribution is 2.21. The van der Waals surface area contributed by atoms with Gasteiger partial charge in [0.05, 0.1) is 12.5 Å². The number of nitrogens with one attached hydrogen (secondary N) is 4. The minimum absolute atomic E-state index is 0.0388. The van der Waals surface area contributed by atoms with Gasteiger partial charge in [0.15, 0.2) is 0 Å². The molecule has 18 nitrogen and oxygen atoms in total. The number of phenols is 1. The number of phenolic OH excluding ortho intramolecular Hbond substituents is 1. The molecule has 294 valence electrons. The smallest absolute Gasteiger partial charge is 0.326 e. The number of carboxylic acids is 1. The Morgan fingerprint density at radius 2 is 1.42 bits per heavy atom. The van der Waals surface area contributed by atoms with Crippen molar-refractivity contribution in [3.8, 4) is 5.75 Å². The van der Waals surface area contributed by atoms with E-state index in [0.717, 1.165) is 4.90 Å². The zero-order chi connectivity index (χ0) is 40.0. The second kappa shape index (κ2) is 20.7. The zero-order valence-corrected chi connectivity index (χ0v) is 30.6. The van der Waals surface area contributed by atoms with Crippen LogP contribution in [0.1, 0.15) is 78.2 Å². The van der Waals surface area contributed by atoms with Gasteiger partial charge < -0.3 is 53.6 Å². The first-order valence-corrected chi connectivity index (χ1v) is 17.7. The van der Waals surface area contributed by atoms with Crippen molar-refractivity contribution in [2.45, 2.75) is 115 Å². The lowest BCUT2D eigenvalue weighted by atomic mass is 9.95. The van der Waals surface area contributed by atoms with E-state index in [4.69, 9.17) is 17.2 Å². The molecule has 0 aromatic heterocycles. The van der Waals surface area contributed by atoms with E-state index in [9.17, 15) is 48.6 Å². The number of carbonyl (C=O) groups is 8. The Morgan fingerprint density at radius 3 is 1.96 bits per heavy atom. The summed E-state index contributed by atoms with van der Waals surface area (Å²) >= 11 is 0. The molecule has 0 aliphatic carbocycles. The van der Waals surface area contributed by atoms with Crippen LogP contribution >= 0.6 is 0 Å². The molecule has 1 aromatic rings. The first-order valence-electron chi connectivity index (χ1n) is 17.7. The molecule has 1 saturated heterocycles. The second-order valence-corrected chi connectivity index (χ2v) is 13.5. The summed E-state index contributed by atoms with van der Waals surface area (Å²) in [6.07, 6.45) is 0.144. The Morgan fingerprint density at radius 1 is 0.811 bits per heavy atom.